The zero-order chi connectivity index (χ0) is 25.1. The molecular weight excluding hydrogens is 434 g/mol. The molecule has 2 aromatic rings. The molecule has 0 spiro atoms. The van der Waals surface area contributed by atoms with Crippen LogP contribution in [0.3, 0.4) is 0 Å². The van der Waals surface area contributed by atoms with E-state index in [9.17, 15) is 9.59 Å². The Balaban J connectivity index is 1.63. The topological polar surface area (TPSA) is 125 Å². The van der Waals surface area contributed by atoms with E-state index < -0.39 is 17.2 Å². The van der Waals surface area contributed by atoms with Crippen molar-refractivity contribution >= 4 is 23.6 Å². The molecule has 1 unspecified atom stereocenters. The average molecular weight is 472 g/mol. The number of nitrogens with zero attached hydrogens (tertiary/aromatic N) is 4. The van der Waals surface area contributed by atoms with Crippen molar-refractivity contribution in [3.63, 3.8) is 0 Å². The summed E-state index contributed by atoms with van der Waals surface area (Å²) in [6.45, 7) is 13.9. The molecule has 1 aliphatic rings. The molecule has 1 aliphatic heterocycles. The van der Waals surface area contributed by atoms with Crippen molar-refractivity contribution in [1.29, 1.82) is 0 Å². The summed E-state index contributed by atoms with van der Waals surface area (Å²) in [5.41, 5.74) is 0.199. The molecule has 3 rings (SSSR count). The summed E-state index contributed by atoms with van der Waals surface area (Å²) < 4.78 is 5.33. The Labute approximate surface area is 201 Å². The van der Waals surface area contributed by atoms with Crippen molar-refractivity contribution in [2.45, 2.75) is 78.9 Å². The van der Waals surface area contributed by atoms with Crippen LogP contribution in [-0.2, 0) is 16.0 Å². The zero-order valence-electron chi connectivity index (χ0n) is 21.3. The minimum atomic E-state index is -1.06. The second-order valence-electron chi connectivity index (χ2n) is 10.6. The molecule has 0 bridgehead atoms. The first-order valence-corrected chi connectivity index (χ1v) is 11.7. The predicted molar refractivity (Wildman–Crippen MR) is 130 cm³/mol. The number of likely N-dealkylation sites (tertiary alicyclic amines) is 1. The van der Waals surface area contributed by atoms with Crippen LogP contribution in [0, 0.1) is 19.8 Å². The number of ether oxygens (including phenoxy) is 1. The first kappa shape index (κ1) is 25.5. The number of piperidine rings is 1. The van der Waals surface area contributed by atoms with Gasteiger partial charge in [-0.1, -0.05) is 0 Å². The minimum absolute atomic E-state index is 0.113. The number of aryl methyl sites for hydroxylation is 2. The van der Waals surface area contributed by atoms with Crippen LogP contribution in [0.15, 0.2) is 12.1 Å². The standard InChI is InChI=1S/C24H37N7O3/c1-15-11-20(30-29-15)27-19-13-18(25-16(2)26-19)12-17-9-8-10-31(14-17)21(32)24(6,7)28-22(33)34-23(3,4)5/h11,13,17H,8-10,12,14H2,1-7H3,(H,28,33)(H2,25,26,27,29,30). The van der Waals surface area contributed by atoms with Gasteiger partial charge in [0.25, 0.3) is 0 Å². The number of hydrogen-bond acceptors (Lipinski definition) is 7. The lowest BCUT2D eigenvalue weighted by Crippen LogP contribution is -2.58. The lowest BCUT2D eigenvalue weighted by atomic mass is 9.91. The van der Waals surface area contributed by atoms with Crippen molar-refractivity contribution in [1.82, 2.24) is 30.4 Å². The summed E-state index contributed by atoms with van der Waals surface area (Å²) in [5.74, 6) is 2.23. The molecule has 0 aromatic carbocycles. The highest BCUT2D eigenvalue weighted by atomic mass is 16.6. The van der Waals surface area contributed by atoms with E-state index in [-0.39, 0.29) is 11.8 Å². The van der Waals surface area contributed by atoms with Crippen LogP contribution < -0.4 is 10.6 Å². The van der Waals surface area contributed by atoms with E-state index in [2.05, 4.69) is 30.8 Å². The summed E-state index contributed by atoms with van der Waals surface area (Å²) in [7, 11) is 0. The Hall–Kier alpha value is -3.17. The van der Waals surface area contributed by atoms with Crippen LogP contribution in [0.5, 0.6) is 0 Å². The van der Waals surface area contributed by atoms with Crippen LogP contribution in [-0.4, -0.2) is 61.3 Å². The summed E-state index contributed by atoms with van der Waals surface area (Å²) in [6.07, 6.45) is 2.05. The van der Waals surface area contributed by atoms with Crippen LogP contribution in [0.4, 0.5) is 16.4 Å². The molecule has 10 heteroatoms. The third-order valence-electron chi connectivity index (χ3n) is 5.51. The number of carbonyl (C=O) groups is 2. The third kappa shape index (κ3) is 7.16. The predicted octanol–water partition coefficient (Wildman–Crippen LogP) is 3.64. The Morgan fingerprint density at radius 3 is 2.53 bits per heavy atom. The normalized spacial score (nSPS) is 16.8. The molecular formula is C24H37N7O3. The lowest BCUT2D eigenvalue weighted by molar-refractivity contribution is -0.139. The van der Waals surface area contributed by atoms with Gasteiger partial charge in [-0.05, 0) is 73.6 Å². The number of anilines is 2. The van der Waals surface area contributed by atoms with Gasteiger partial charge < -0.3 is 20.3 Å². The third-order valence-corrected chi connectivity index (χ3v) is 5.51. The van der Waals surface area contributed by atoms with Crippen molar-refractivity contribution in [2.75, 3.05) is 18.4 Å². The van der Waals surface area contributed by atoms with Gasteiger partial charge in [0.1, 0.15) is 22.8 Å². The van der Waals surface area contributed by atoms with Gasteiger partial charge in [-0.2, -0.15) is 5.10 Å². The second kappa shape index (κ2) is 9.99. The maximum Gasteiger partial charge on any atom is 0.408 e. The maximum atomic E-state index is 13.2. The van der Waals surface area contributed by atoms with Gasteiger partial charge >= 0.3 is 6.09 Å². The molecule has 0 radical (unpaired) electrons. The molecule has 3 N–H and O–H groups in total. The largest absolute Gasteiger partial charge is 0.444 e. The molecule has 1 fully saturated rings. The van der Waals surface area contributed by atoms with Crippen molar-refractivity contribution in [2.24, 2.45) is 5.92 Å². The minimum Gasteiger partial charge on any atom is -0.444 e. The summed E-state index contributed by atoms with van der Waals surface area (Å²) in [4.78, 5) is 36.4. The number of rotatable bonds is 6. The van der Waals surface area contributed by atoms with Gasteiger partial charge in [0.2, 0.25) is 5.91 Å². The van der Waals surface area contributed by atoms with Gasteiger partial charge in [0.05, 0.1) is 0 Å². The quantitative estimate of drug-likeness (QED) is 0.587. The van der Waals surface area contributed by atoms with Gasteiger partial charge in [-0.3, -0.25) is 9.89 Å². The molecule has 34 heavy (non-hydrogen) atoms. The lowest BCUT2D eigenvalue weighted by Gasteiger charge is -2.38. The Morgan fingerprint density at radius 1 is 1.15 bits per heavy atom. The fraction of sp³-hybridized carbons (Fsp3) is 0.625. The first-order valence-electron chi connectivity index (χ1n) is 11.7. The number of amides is 2. The van der Waals surface area contributed by atoms with E-state index >= 15 is 0 Å². The molecule has 10 nitrogen and oxygen atoms in total. The monoisotopic (exact) mass is 471 g/mol. The van der Waals surface area contributed by atoms with E-state index in [0.717, 1.165) is 30.7 Å². The van der Waals surface area contributed by atoms with Gasteiger partial charge in [-0.25, -0.2) is 14.8 Å². The van der Waals surface area contributed by atoms with Gasteiger partial charge in [0.15, 0.2) is 5.82 Å². The number of alkyl carbamates (subject to hydrolysis) is 1. The van der Waals surface area contributed by atoms with E-state index in [0.29, 0.717) is 30.5 Å². The second-order valence-corrected chi connectivity index (χ2v) is 10.6. The smallest absolute Gasteiger partial charge is 0.408 e. The Morgan fingerprint density at radius 2 is 1.88 bits per heavy atom. The highest BCUT2D eigenvalue weighted by Gasteiger charge is 2.37. The Bertz CT molecular complexity index is 1030. The summed E-state index contributed by atoms with van der Waals surface area (Å²) >= 11 is 0. The average Bonchev–Trinajstić information content (AvgIpc) is 3.09. The number of nitrogens with one attached hydrogen (secondary N) is 3. The van der Waals surface area contributed by atoms with E-state index in [1.807, 2.05) is 30.9 Å². The van der Waals surface area contributed by atoms with Crippen molar-refractivity contribution in [3.05, 3.63) is 29.3 Å². The van der Waals surface area contributed by atoms with Crippen LogP contribution in [0.25, 0.3) is 0 Å². The molecule has 0 aliphatic carbocycles. The number of aromatic nitrogens is 4. The first-order chi connectivity index (χ1) is 15.8. The fourth-order valence-electron chi connectivity index (χ4n) is 4.13. The number of aromatic amines is 1. The van der Waals surface area contributed by atoms with Crippen molar-refractivity contribution in [3.8, 4) is 0 Å². The van der Waals surface area contributed by atoms with E-state index in [1.165, 1.54) is 0 Å². The van der Waals surface area contributed by atoms with Crippen LogP contribution in [0.2, 0.25) is 0 Å². The zero-order valence-corrected chi connectivity index (χ0v) is 21.3. The van der Waals surface area contributed by atoms with Crippen molar-refractivity contribution < 1.29 is 14.3 Å². The Kier molecular flexibility index (Phi) is 7.48. The van der Waals surface area contributed by atoms with Gasteiger partial charge in [-0.15, -0.1) is 0 Å². The SMILES string of the molecule is Cc1nc(CC2CCCN(C(=O)C(C)(C)NC(=O)OC(C)(C)C)C2)cc(Nc2cc(C)[nH]n2)n1. The molecule has 2 aromatic heterocycles. The molecule has 0 saturated carbocycles. The van der Waals surface area contributed by atoms with E-state index in [1.54, 1.807) is 34.6 Å². The highest BCUT2D eigenvalue weighted by Crippen LogP contribution is 2.24. The highest BCUT2D eigenvalue weighted by molar-refractivity contribution is 5.89. The van der Waals surface area contributed by atoms with Crippen LogP contribution >= 0.6 is 0 Å². The molecule has 2 amide bonds. The fourth-order valence-corrected chi connectivity index (χ4v) is 4.13. The summed E-state index contributed by atoms with van der Waals surface area (Å²) in [6, 6.07) is 3.85. The van der Waals surface area contributed by atoms with Crippen LogP contribution in [0.1, 0.15) is 64.7 Å². The molecule has 1 saturated heterocycles. The number of hydrogen-bond donors (Lipinski definition) is 3. The number of H-pyrrole nitrogens is 1. The molecule has 186 valence electrons. The van der Waals surface area contributed by atoms with E-state index in [4.69, 9.17) is 4.74 Å². The summed E-state index contributed by atoms with van der Waals surface area (Å²) in [5, 5.41) is 13.0. The maximum absolute atomic E-state index is 13.2. The molecule has 3 heterocycles. The number of carbonyl (C=O) groups excluding carboxylic acids is 2. The van der Waals surface area contributed by atoms with Gasteiger partial charge in [0, 0.05) is 36.6 Å². The molecule has 1 atom stereocenters.